The lowest BCUT2D eigenvalue weighted by atomic mass is 10.0. The number of rotatable bonds is 4. The zero-order valence-corrected chi connectivity index (χ0v) is 13.1. The van der Waals surface area contributed by atoms with Crippen molar-refractivity contribution in [1.82, 2.24) is 10.2 Å². The molecule has 1 atom stereocenters. The number of alkyl halides is 1. The third-order valence-corrected chi connectivity index (χ3v) is 3.85. The Labute approximate surface area is 129 Å². The van der Waals surface area contributed by atoms with Crippen LogP contribution in [0.5, 0.6) is 5.75 Å². The molecule has 7 nitrogen and oxygen atoms in total. The van der Waals surface area contributed by atoms with Gasteiger partial charge in [-0.3, -0.25) is 15.0 Å². The van der Waals surface area contributed by atoms with E-state index < -0.39 is 11.0 Å². The van der Waals surface area contributed by atoms with Crippen molar-refractivity contribution in [1.29, 1.82) is 0 Å². The fourth-order valence-corrected chi connectivity index (χ4v) is 2.82. The van der Waals surface area contributed by atoms with Gasteiger partial charge in [-0.15, -0.1) is 0 Å². The van der Waals surface area contributed by atoms with Gasteiger partial charge in [0, 0.05) is 7.05 Å². The molecule has 21 heavy (non-hydrogen) atoms. The number of hydrogen-bond acceptors (Lipinski definition) is 4. The van der Waals surface area contributed by atoms with Crippen molar-refractivity contribution in [3.05, 3.63) is 51.3 Å². The van der Waals surface area contributed by atoms with Crippen molar-refractivity contribution in [3.63, 3.8) is 0 Å². The molecule has 0 radical (unpaired) electrons. The van der Waals surface area contributed by atoms with E-state index in [2.05, 4.69) is 21.2 Å². The highest BCUT2D eigenvalue weighted by Crippen LogP contribution is 2.31. The first-order chi connectivity index (χ1) is 9.99. The number of nitro groups is 1. The summed E-state index contributed by atoms with van der Waals surface area (Å²) >= 11 is 3.21. The maximum absolute atomic E-state index is 12.0. The third-order valence-electron chi connectivity index (χ3n) is 3.32. The highest BCUT2D eigenvalue weighted by molar-refractivity contribution is 9.09. The summed E-state index contributed by atoms with van der Waals surface area (Å²) < 4.78 is 5.06. The molecule has 0 saturated carbocycles. The Bertz CT molecular complexity index is 600. The van der Waals surface area contributed by atoms with E-state index in [9.17, 15) is 14.9 Å². The summed E-state index contributed by atoms with van der Waals surface area (Å²) in [5, 5.41) is 14.3. The fourth-order valence-electron chi connectivity index (χ4n) is 2.16. The summed E-state index contributed by atoms with van der Waals surface area (Å²) in [6.07, 6.45) is 0. The standard InChI is InChI=1S/C13H14BrN3O4/c1-16-10(7-14)12(17(19)20)11(15-13(16)18)8-3-5-9(21-2)6-4-8/h3-6,11H,7H2,1-2H3,(H,15,18). The van der Waals surface area contributed by atoms with Gasteiger partial charge >= 0.3 is 6.03 Å². The molecule has 1 N–H and O–H groups in total. The molecule has 1 aromatic carbocycles. The van der Waals surface area contributed by atoms with Crippen LogP contribution in [-0.2, 0) is 0 Å². The molecule has 2 rings (SSSR count). The van der Waals surface area contributed by atoms with Gasteiger partial charge in [-0.2, -0.15) is 0 Å². The van der Waals surface area contributed by atoms with E-state index in [-0.39, 0.29) is 17.1 Å². The van der Waals surface area contributed by atoms with Gasteiger partial charge in [0.2, 0.25) is 0 Å². The maximum atomic E-state index is 12.0. The second-order valence-corrected chi connectivity index (χ2v) is 5.00. The normalized spacial score (nSPS) is 18.5. The van der Waals surface area contributed by atoms with Crippen LogP contribution >= 0.6 is 15.9 Å². The molecule has 0 fully saturated rings. The van der Waals surface area contributed by atoms with E-state index in [1.807, 2.05) is 0 Å². The Hall–Kier alpha value is -2.09. The summed E-state index contributed by atoms with van der Waals surface area (Å²) in [6.45, 7) is 0. The lowest BCUT2D eigenvalue weighted by Crippen LogP contribution is -2.46. The number of carbonyl (C=O) groups is 1. The minimum absolute atomic E-state index is 0.0425. The SMILES string of the molecule is COc1ccc(C2NC(=O)N(C)C(CBr)=C2[N+](=O)[O-])cc1. The number of nitrogens with zero attached hydrogens (tertiary/aromatic N) is 2. The molecule has 1 aromatic rings. The minimum Gasteiger partial charge on any atom is -0.497 e. The van der Waals surface area contributed by atoms with Gasteiger partial charge in [-0.25, -0.2) is 4.79 Å². The number of halogens is 1. The summed E-state index contributed by atoms with van der Waals surface area (Å²) in [7, 11) is 3.04. The smallest absolute Gasteiger partial charge is 0.322 e. The van der Waals surface area contributed by atoms with Gasteiger partial charge in [0.05, 0.1) is 17.4 Å². The molecular weight excluding hydrogens is 342 g/mol. The predicted octanol–water partition coefficient (Wildman–Crippen LogP) is 2.27. The van der Waals surface area contributed by atoms with Crippen molar-refractivity contribution < 1.29 is 14.5 Å². The van der Waals surface area contributed by atoms with E-state index in [1.54, 1.807) is 24.3 Å². The number of ether oxygens (including phenoxy) is 1. The van der Waals surface area contributed by atoms with Gasteiger partial charge in [-0.1, -0.05) is 28.1 Å². The monoisotopic (exact) mass is 355 g/mol. The Kier molecular flexibility index (Phi) is 4.46. The van der Waals surface area contributed by atoms with Crippen molar-refractivity contribution in [2.45, 2.75) is 6.04 Å². The first-order valence-corrected chi connectivity index (χ1v) is 7.23. The van der Waals surface area contributed by atoms with E-state index in [0.29, 0.717) is 17.0 Å². The minimum atomic E-state index is -0.790. The summed E-state index contributed by atoms with van der Waals surface area (Å²) in [5.41, 5.74) is 0.922. The number of carbonyl (C=O) groups excluding carboxylic acids is 1. The number of benzene rings is 1. The zero-order valence-electron chi connectivity index (χ0n) is 11.5. The van der Waals surface area contributed by atoms with Crippen LogP contribution in [0, 0.1) is 10.1 Å². The van der Waals surface area contributed by atoms with Gasteiger partial charge in [-0.05, 0) is 17.7 Å². The van der Waals surface area contributed by atoms with Crippen molar-refractivity contribution >= 4 is 22.0 Å². The molecular formula is C13H14BrN3O4. The van der Waals surface area contributed by atoms with Crippen LogP contribution < -0.4 is 10.1 Å². The molecule has 2 amide bonds. The molecule has 1 unspecified atom stereocenters. The van der Waals surface area contributed by atoms with E-state index in [0.717, 1.165) is 0 Å². The highest BCUT2D eigenvalue weighted by Gasteiger charge is 2.39. The quantitative estimate of drug-likeness (QED) is 0.510. The summed E-state index contributed by atoms with van der Waals surface area (Å²) in [4.78, 5) is 24.1. The molecule has 112 valence electrons. The Morgan fingerprint density at radius 3 is 2.52 bits per heavy atom. The number of amides is 2. The van der Waals surface area contributed by atoms with Crippen LogP contribution in [0.1, 0.15) is 11.6 Å². The Morgan fingerprint density at radius 2 is 2.05 bits per heavy atom. The van der Waals surface area contributed by atoms with E-state index in [4.69, 9.17) is 4.74 Å². The number of urea groups is 1. The lowest BCUT2D eigenvalue weighted by Gasteiger charge is -2.30. The number of nitrogens with one attached hydrogen (secondary N) is 1. The van der Waals surface area contributed by atoms with Gasteiger partial charge in [0.15, 0.2) is 0 Å². The fraction of sp³-hybridized carbons (Fsp3) is 0.308. The summed E-state index contributed by atoms with van der Waals surface area (Å²) in [5.74, 6) is 0.644. The predicted molar refractivity (Wildman–Crippen MR) is 79.8 cm³/mol. The zero-order chi connectivity index (χ0) is 15.6. The highest BCUT2D eigenvalue weighted by atomic mass is 79.9. The molecule has 0 spiro atoms. The number of allylic oxidation sites excluding steroid dienone is 1. The van der Waals surface area contributed by atoms with Crippen LogP contribution in [0.3, 0.4) is 0 Å². The van der Waals surface area contributed by atoms with Crippen molar-refractivity contribution in [2.24, 2.45) is 0 Å². The van der Waals surface area contributed by atoms with Crippen LogP contribution in [0.25, 0.3) is 0 Å². The lowest BCUT2D eigenvalue weighted by molar-refractivity contribution is -0.433. The van der Waals surface area contributed by atoms with Crippen molar-refractivity contribution in [2.75, 3.05) is 19.5 Å². The summed E-state index contributed by atoms with van der Waals surface area (Å²) in [6, 6.07) is 5.63. The molecule has 1 aliphatic rings. The molecule has 0 aromatic heterocycles. The number of methoxy groups -OCH3 is 1. The van der Waals surface area contributed by atoms with Gasteiger partial charge in [0.25, 0.3) is 5.70 Å². The maximum Gasteiger partial charge on any atom is 0.322 e. The topological polar surface area (TPSA) is 84.7 Å². The molecule has 1 aliphatic heterocycles. The largest absolute Gasteiger partial charge is 0.497 e. The average molecular weight is 356 g/mol. The molecule has 0 aliphatic carbocycles. The van der Waals surface area contributed by atoms with Crippen LogP contribution in [-0.4, -0.2) is 35.3 Å². The van der Waals surface area contributed by atoms with Gasteiger partial charge in [0.1, 0.15) is 17.5 Å². The molecule has 0 bridgehead atoms. The molecule has 0 saturated heterocycles. The second-order valence-electron chi connectivity index (χ2n) is 4.44. The van der Waals surface area contributed by atoms with Crippen LogP contribution in [0.2, 0.25) is 0 Å². The van der Waals surface area contributed by atoms with Gasteiger partial charge < -0.3 is 10.1 Å². The van der Waals surface area contributed by atoms with E-state index in [1.165, 1.54) is 19.1 Å². The molecule has 1 heterocycles. The Morgan fingerprint density at radius 1 is 1.43 bits per heavy atom. The third kappa shape index (κ3) is 2.85. The number of hydrogen-bond donors (Lipinski definition) is 1. The first-order valence-electron chi connectivity index (χ1n) is 6.11. The van der Waals surface area contributed by atoms with E-state index >= 15 is 0 Å². The van der Waals surface area contributed by atoms with Crippen LogP contribution in [0.4, 0.5) is 4.79 Å². The Balaban J connectivity index is 2.51. The second kappa shape index (κ2) is 6.13. The van der Waals surface area contributed by atoms with Crippen molar-refractivity contribution in [3.8, 4) is 5.75 Å². The van der Waals surface area contributed by atoms with Crippen LogP contribution in [0.15, 0.2) is 35.7 Å². The molecule has 8 heteroatoms. The average Bonchev–Trinajstić information content (AvgIpc) is 2.49. The first kappa shape index (κ1) is 15.3.